The van der Waals surface area contributed by atoms with Gasteiger partial charge in [0.05, 0.1) is 16.7 Å². The molecule has 19 heavy (non-hydrogen) atoms. The van der Waals surface area contributed by atoms with Crippen molar-refractivity contribution in [2.24, 2.45) is 0 Å². The number of anilines is 1. The Morgan fingerprint density at radius 1 is 1.32 bits per heavy atom. The molecular weight excluding hydrogens is 258 g/mol. The molecule has 2 heterocycles. The summed E-state index contributed by atoms with van der Waals surface area (Å²) >= 11 is 1.71. The number of aryl methyl sites for hydroxylation is 1. The molecule has 3 rings (SSSR count). The highest BCUT2D eigenvalue weighted by Gasteiger charge is 2.27. The first kappa shape index (κ1) is 13.3. The third-order valence-corrected chi connectivity index (χ3v) is 5.57. The van der Waals surface area contributed by atoms with Crippen molar-refractivity contribution in [3.05, 3.63) is 10.6 Å². The second kappa shape index (κ2) is 5.38. The first-order chi connectivity index (χ1) is 9.15. The summed E-state index contributed by atoms with van der Waals surface area (Å²) in [6, 6.07) is 0.625. The largest absolute Gasteiger partial charge is 0.388 e. The van der Waals surface area contributed by atoms with E-state index in [0.717, 1.165) is 48.1 Å². The Balaban J connectivity index is 1.78. The van der Waals surface area contributed by atoms with Crippen molar-refractivity contribution >= 4 is 16.5 Å². The highest BCUT2D eigenvalue weighted by atomic mass is 32.1. The Morgan fingerprint density at radius 3 is 2.89 bits per heavy atom. The van der Waals surface area contributed by atoms with E-state index in [0.29, 0.717) is 6.04 Å². The highest BCUT2D eigenvalue weighted by Crippen LogP contribution is 2.38. The van der Waals surface area contributed by atoms with E-state index in [4.69, 9.17) is 4.98 Å². The van der Waals surface area contributed by atoms with Crippen LogP contribution in [0.15, 0.2) is 0 Å². The van der Waals surface area contributed by atoms with Gasteiger partial charge in [-0.1, -0.05) is 11.3 Å². The van der Waals surface area contributed by atoms with Gasteiger partial charge in [-0.3, -0.25) is 0 Å². The van der Waals surface area contributed by atoms with Gasteiger partial charge in [-0.15, -0.1) is 0 Å². The van der Waals surface area contributed by atoms with Crippen LogP contribution in [0.25, 0.3) is 0 Å². The minimum Gasteiger partial charge on any atom is -0.388 e. The van der Waals surface area contributed by atoms with Gasteiger partial charge < -0.3 is 14.9 Å². The van der Waals surface area contributed by atoms with Gasteiger partial charge in [0.25, 0.3) is 0 Å². The predicted octanol–water partition coefficient (Wildman–Crippen LogP) is 2.04. The average molecular weight is 281 g/mol. The molecule has 1 saturated heterocycles. The van der Waals surface area contributed by atoms with Crippen LogP contribution in [-0.2, 0) is 6.42 Å². The highest BCUT2D eigenvalue weighted by molar-refractivity contribution is 7.15. The van der Waals surface area contributed by atoms with Crippen molar-refractivity contribution in [3.8, 4) is 0 Å². The maximum absolute atomic E-state index is 10.1. The lowest BCUT2D eigenvalue weighted by molar-refractivity contribution is 0.160. The zero-order valence-corrected chi connectivity index (χ0v) is 12.6. The number of likely N-dealkylation sites (N-methyl/N-ethyl adjacent to an activating group) is 1. The minimum atomic E-state index is -0.274. The lowest BCUT2D eigenvalue weighted by Crippen LogP contribution is -2.45. The molecule has 106 valence electrons. The second-order valence-electron chi connectivity index (χ2n) is 5.92. The number of piperidine rings is 1. The molecule has 0 amide bonds. The minimum absolute atomic E-state index is 0.274. The Bertz CT molecular complexity index is 446. The van der Waals surface area contributed by atoms with E-state index in [1.165, 1.54) is 12.8 Å². The number of fused-ring (bicyclic) bond motifs is 1. The topological polar surface area (TPSA) is 39.6 Å². The summed E-state index contributed by atoms with van der Waals surface area (Å²) in [6.45, 7) is 2.17. The molecule has 0 radical (unpaired) electrons. The van der Waals surface area contributed by atoms with E-state index in [9.17, 15) is 5.11 Å². The van der Waals surface area contributed by atoms with Crippen molar-refractivity contribution < 1.29 is 5.11 Å². The first-order valence-corrected chi connectivity index (χ1v) is 8.06. The summed E-state index contributed by atoms with van der Waals surface area (Å²) in [7, 11) is 4.32. The van der Waals surface area contributed by atoms with Crippen molar-refractivity contribution in [1.29, 1.82) is 0 Å². The fourth-order valence-electron chi connectivity index (χ4n) is 3.07. The molecule has 0 saturated carbocycles. The van der Waals surface area contributed by atoms with Crippen LogP contribution in [-0.4, -0.2) is 48.2 Å². The molecule has 1 fully saturated rings. The molecule has 0 bridgehead atoms. The van der Waals surface area contributed by atoms with Crippen LogP contribution in [0, 0.1) is 0 Å². The monoisotopic (exact) mass is 281 g/mol. The Labute approximate surface area is 119 Å². The maximum atomic E-state index is 10.1. The Kier molecular flexibility index (Phi) is 3.78. The van der Waals surface area contributed by atoms with Crippen molar-refractivity contribution in [1.82, 2.24) is 9.88 Å². The quantitative estimate of drug-likeness (QED) is 0.900. The van der Waals surface area contributed by atoms with Crippen LogP contribution in [0.2, 0.25) is 0 Å². The maximum Gasteiger partial charge on any atom is 0.185 e. The third kappa shape index (κ3) is 2.64. The summed E-state index contributed by atoms with van der Waals surface area (Å²) in [5.74, 6) is 0. The van der Waals surface area contributed by atoms with Crippen LogP contribution in [0.4, 0.5) is 5.13 Å². The van der Waals surface area contributed by atoms with Crippen molar-refractivity contribution in [2.75, 3.05) is 32.1 Å². The van der Waals surface area contributed by atoms with Gasteiger partial charge in [0.2, 0.25) is 0 Å². The van der Waals surface area contributed by atoms with E-state index < -0.39 is 0 Å². The number of nitrogens with zero attached hydrogens (tertiary/aromatic N) is 3. The molecule has 5 heteroatoms. The number of rotatable bonds is 2. The molecule has 1 aromatic heterocycles. The van der Waals surface area contributed by atoms with Crippen LogP contribution in [0.5, 0.6) is 0 Å². The molecule has 2 atom stereocenters. The lowest BCUT2D eigenvalue weighted by Gasteiger charge is -2.35. The smallest absolute Gasteiger partial charge is 0.185 e. The summed E-state index contributed by atoms with van der Waals surface area (Å²) in [6.07, 6.45) is 5.23. The molecule has 2 unspecified atom stereocenters. The van der Waals surface area contributed by atoms with Gasteiger partial charge in [0.15, 0.2) is 5.13 Å². The molecule has 0 spiro atoms. The van der Waals surface area contributed by atoms with E-state index in [-0.39, 0.29) is 6.10 Å². The number of hydrogen-bond acceptors (Lipinski definition) is 5. The van der Waals surface area contributed by atoms with Gasteiger partial charge in [0, 0.05) is 19.1 Å². The van der Waals surface area contributed by atoms with Crippen LogP contribution in [0.1, 0.15) is 42.4 Å². The number of aliphatic hydroxyl groups is 1. The molecular formula is C14H23N3OS. The second-order valence-corrected chi connectivity index (χ2v) is 6.93. The molecule has 1 aromatic rings. The van der Waals surface area contributed by atoms with Crippen molar-refractivity contribution in [3.63, 3.8) is 0 Å². The van der Waals surface area contributed by atoms with Gasteiger partial charge in [-0.05, 0) is 46.2 Å². The predicted molar refractivity (Wildman–Crippen MR) is 78.9 cm³/mol. The molecule has 2 aliphatic rings. The standard InChI is InChI=1S/C14H23N3OS/c1-16(2)10-5-4-8-17(9-10)14-15-11-6-3-7-12(18)13(11)19-14/h10,12,18H,3-9H2,1-2H3. The lowest BCUT2D eigenvalue weighted by atomic mass is 10.0. The summed E-state index contributed by atoms with van der Waals surface area (Å²) < 4.78 is 0. The fourth-order valence-corrected chi connectivity index (χ4v) is 4.24. The van der Waals surface area contributed by atoms with Crippen LogP contribution in [0.3, 0.4) is 0 Å². The Hall–Kier alpha value is -0.650. The normalized spacial score (nSPS) is 27.7. The van der Waals surface area contributed by atoms with Gasteiger partial charge in [-0.25, -0.2) is 4.98 Å². The molecule has 0 aromatic carbocycles. The number of thiazole rings is 1. The van der Waals surface area contributed by atoms with Crippen LogP contribution >= 0.6 is 11.3 Å². The zero-order chi connectivity index (χ0) is 13.4. The van der Waals surface area contributed by atoms with Gasteiger partial charge in [-0.2, -0.15) is 0 Å². The molecule has 4 nitrogen and oxygen atoms in total. The zero-order valence-electron chi connectivity index (χ0n) is 11.8. The van der Waals surface area contributed by atoms with E-state index in [2.05, 4.69) is 23.9 Å². The third-order valence-electron chi connectivity index (χ3n) is 4.31. The number of aromatic nitrogens is 1. The molecule has 1 aliphatic heterocycles. The summed E-state index contributed by atoms with van der Waals surface area (Å²) in [4.78, 5) is 10.6. The Morgan fingerprint density at radius 2 is 2.16 bits per heavy atom. The first-order valence-electron chi connectivity index (χ1n) is 7.24. The van der Waals surface area contributed by atoms with Crippen LogP contribution < -0.4 is 4.90 Å². The average Bonchev–Trinajstić information content (AvgIpc) is 2.84. The van der Waals surface area contributed by atoms with Crippen molar-refractivity contribution in [2.45, 2.75) is 44.2 Å². The van der Waals surface area contributed by atoms with Gasteiger partial charge >= 0.3 is 0 Å². The molecule has 1 N–H and O–H groups in total. The number of aliphatic hydroxyl groups excluding tert-OH is 1. The summed E-state index contributed by atoms with van der Waals surface area (Å²) in [5, 5.41) is 11.2. The number of hydrogen-bond donors (Lipinski definition) is 1. The molecule has 1 aliphatic carbocycles. The SMILES string of the molecule is CN(C)C1CCCN(c2nc3c(s2)C(O)CCC3)C1. The van der Waals surface area contributed by atoms with Gasteiger partial charge in [0.1, 0.15) is 0 Å². The van der Waals surface area contributed by atoms with E-state index in [1.54, 1.807) is 11.3 Å². The fraction of sp³-hybridized carbons (Fsp3) is 0.786. The van der Waals surface area contributed by atoms with E-state index in [1.807, 2.05) is 0 Å². The van der Waals surface area contributed by atoms with E-state index >= 15 is 0 Å². The summed E-state index contributed by atoms with van der Waals surface area (Å²) in [5.41, 5.74) is 1.14.